The van der Waals surface area contributed by atoms with Crippen LogP contribution in [0.25, 0.3) is 0 Å². The van der Waals surface area contributed by atoms with Gasteiger partial charge in [0, 0.05) is 5.02 Å². The first kappa shape index (κ1) is 13.4. The molecule has 19 heavy (non-hydrogen) atoms. The van der Waals surface area contributed by atoms with Gasteiger partial charge < -0.3 is 4.42 Å². The molecule has 1 N–H and O–H groups in total. The maximum Gasteiger partial charge on any atom is 0.307 e. The average molecular weight is 277 g/mol. The molecule has 98 valence electrons. The number of aryl methyl sites for hydroxylation is 1. The van der Waals surface area contributed by atoms with E-state index in [1.807, 2.05) is 12.1 Å². The van der Waals surface area contributed by atoms with Crippen molar-refractivity contribution in [3.63, 3.8) is 0 Å². The van der Waals surface area contributed by atoms with Gasteiger partial charge in [0.05, 0.1) is 5.71 Å². The molecule has 5 heteroatoms. The molecule has 1 amide bonds. The van der Waals surface area contributed by atoms with Crippen LogP contribution in [0.2, 0.25) is 5.02 Å². The summed E-state index contributed by atoms with van der Waals surface area (Å²) in [5, 5.41) is 4.68. The summed E-state index contributed by atoms with van der Waals surface area (Å²) in [6.45, 7) is 3.58. The number of benzene rings is 1. The van der Waals surface area contributed by atoms with Gasteiger partial charge in [0.15, 0.2) is 5.76 Å². The zero-order chi connectivity index (χ0) is 13.8. The maximum absolute atomic E-state index is 11.7. The Kier molecular flexibility index (Phi) is 4.02. The van der Waals surface area contributed by atoms with Crippen LogP contribution in [0.15, 0.2) is 45.9 Å². The first-order valence-corrected chi connectivity index (χ1v) is 6.11. The van der Waals surface area contributed by atoms with Gasteiger partial charge in [-0.05, 0) is 43.7 Å². The molecular weight excluding hydrogens is 264 g/mol. The van der Waals surface area contributed by atoms with Gasteiger partial charge in [-0.3, -0.25) is 4.79 Å². The first-order chi connectivity index (χ1) is 9.06. The number of hydrogen-bond acceptors (Lipinski definition) is 3. The number of carbonyl (C=O) groups excluding carboxylic acids is 1. The predicted octanol–water partition coefficient (Wildman–Crippen LogP) is 3.40. The molecule has 0 bridgehead atoms. The number of nitrogens with one attached hydrogen (secondary N) is 1. The van der Waals surface area contributed by atoms with E-state index in [0.29, 0.717) is 16.5 Å². The summed E-state index contributed by atoms with van der Waals surface area (Å²) in [5.74, 6) is 0.551. The summed E-state index contributed by atoms with van der Waals surface area (Å²) in [4.78, 5) is 11.7. The van der Waals surface area contributed by atoms with E-state index in [0.717, 1.165) is 5.56 Å². The fraction of sp³-hybridized carbons (Fsp3) is 0.143. The fourth-order valence-electron chi connectivity index (χ4n) is 1.50. The summed E-state index contributed by atoms with van der Waals surface area (Å²) in [5.41, 5.74) is 4.02. The van der Waals surface area contributed by atoms with Crippen LogP contribution in [0.4, 0.5) is 0 Å². The lowest BCUT2D eigenvalue weighted by Gasteiger charge is -2.01. The van der Waals surface area contributed by atoms with Gasteiger partial charge in [-0.1, -0.05) is 23.7 Å². The van der Waals surface area contributed by atoms with E-state index in [1.54, 1.807) is 38.1 Å². The molecule has 4 nitrogen and oxygen atoms in total. The molecular formula is C14H13ClN2O2. The number of carbonyl (C=O) groups is 1. The highest BCUT2D eigenvalue weighted by atomic mass is 35.5. The monoisotopic (exact) mass is 276 g/mol. The minimum Gasteiger partial charge on any atom is -0.456 e. The average Bonchev–Trinajstić information content (AvgIpc) is 2.83. The highest BCUT2D eigenvalue weighted by Gasteiger charge is 2.08. The van der Waals surface area contributed by atoms with Gasteiger partial charge in [0.2, 0.25) is 0 Å². The molecule has 1 aromatic heterocycles. The van der Waals surface area contributed by atoms with E-state index >= 15 is 0 Å². The van der Waals surface area contributed by atoms with Crippen molar-refractivity contribution in [3.8, 4) is 0 Å². The Labute approximate surface area is 116 Å². The van der Waals surface area contributed by atoms with Crippen LogP contribution in [0, 0.1) is 6.92 Å². The van der Waals surface area contributed by atoms with Crippen molar-refractivity contribution in [3.05, 3.63) is 58.5 Å². The Balaban J connectivity index is 2.06. The van der Waals surface area contributed by atoms with Crippen molar-refractivity contribution < 1.29 is 9.21 Å². The molecule has 0 unspecified atom stereocenters. The lowest BCUT2D eigenvalue weighted by molar-refractivity contribution is 0.0926. The molecule has 2 rings (SSSR count). The van der Waals surface area contributed by atoms with Crippen molar-refractivity contribution in [1.29, 1.82) is 0 Å². The topological polar surface area (TPSA) is 54.6 Å². The number of hydrazone groups is 1. The number of rotatable bonds is 3. The summed E-state index contributed by atoms with van der Waals surface area (Å²) < 4.78 is 5.20. The van der Waals surface area contributed by atoms with Crippen LogP contribution in [0.1, 0.15) is 28.8 Å². The SMILES string of the molecule is C/C(=N/NC(=O)c1ccc(C)o1)c1ccc(Cl)cc1. The van der Waals surface area contributed by atoms with E-state index in [1.165, 1.54) is 0 Å². The van der Waals surface area contributed by atoms with Crippen LogP contribution in [-0.2, 0) is 0 Å². The van der Waals surface area contributed by atoms with Gasteiger partial charge in [-0.15, -0.1) is 0 Å². The summed E-state index contributed by atoms with van der Waals surface area (Å²) >= 11 is 5.80. The van der Waals surface area contributed by atoms with Crippen LogP contribution in [0.3, 0.4) is 0 Å². The zero-order valence-electron chi connectivity index (χ0n) is 10.6. The molecule has 2 aromatic rings. The minimum absolute atomic E-state index is 0.241. The molecule has 0 saturated heterocycles. The largest absolute Gasteiger partial charge is 0.456 e. The second kappa shape index (κ2) is 5.71. The van der Waals surface area contributed by atoms with Crippen molar-refractivity contribution >= 4 is 23.2 Å². The number of hydrogen-bond donors (Lipinski definition) is 1. The van der Waals surface area contributed by atoms with Crippen LogP contribution >= 0.6 is 11.6 Å². The van der Waals surface area contributed by atoms with E-state index in [9.17, 15) is 4.79 Å². The fourth-order valence-corrected chi connectivity index (χ4v) is 1.63. The van der Waals surface area contributed by atoms with Crippen LogP contribution < -0.4 is 5.43 Å². The predicted molar refractivity (Wildman–Crippen MR) is 74.6 cm³/mol. The normalized spacial score (nSPS) is 11.4. The van der Waals surface area contributed by atoms with Crippen molar-refractivity contribution in [2.75, 3.05) is 0 Å². The third-order valence-corrected chi connectivity index (χ3v) is 2.80. The number of amides is 1. The van der Waals surface area contributed by atoms with Crippen molar-refractivity contribution in [2.45, 2.75) is 13.8 Å². The molecule has 0 aliphatic carbocycles. The Hall–Kier alpha value is -2.07. The molecule has 0 aliphatic heterocycles. The Morgan fingerprint density at radius 2 is 1.89 bits per heavy atom. The van der Waals surface area contributed by atoms with Crippen LogP contribution in [-0.4, -0.2) is 11.6 Å². The lowest BCUT2D eigenvalue weighted by Crippen LogP contribution is -2.18. The molecule has 0 radical (unpaired) electrons. The number of nitrogens with zero attached hydrogens (tertiary/aromatic N) is 1. The van der Waals surface area contributed by atoms with Crippen molar-refractivity contribution in [1.82, 2.24) is 5.43 Å². The molecule has 0 atom stereocenters. The van der Waals surface area contributed by atoms with Gasteiger partial charge in [-0.2, -0.15) is 5.10 Å². The van der Waals surface area contributed by atoms with Gasteiger partial charge in [0.1, 0.15) is 5.76 Å². The smallest absolute Gasteiger partial charge is 0.307 e. The first-order valence-electron chi connectivity index (χ1n) is 5.73. The molecule has 1 aromatic carbocycles. The van der Waals surface area contributed by atoms with Crippen molar-refractivity contribution in [2.24, 2.45) is 5.10 Å². The molecule has 0 spiro atoms. The summed E-state index contributed by atoms with van der Waals surface area (Å²) in [6.07, 6.45) is 0. The van der Waals surface area contributed by atoms with Gasteiger partial charge in [0.25, 0.3) is 0 Å². The van der Waals surface area contributed by atoms with E-state index in [-0.39, 0.29) is 11.7 Å². The number of furan rings is 1. The van der Waals surface area contributed by atoms with E-state index in [4.69, 9.17) is 16.0 Å². The Morgan fingerprint density at radius 3 is 2.47 bits per heavy atom. The van der Waals surface area contributed by atoms with Gasteiger partial charge in [-0.25, -0.2) is 5.43 Å². The quantitative estimate of drug-likeness (QED) is 0.690. The standard InChI is InChI=1S/C14H13ClN2O2/c1-9-3-8-13(19-9)14(18)17-16-10(2)11-4-6-12(15)7-5-11/h3-8H,1-2H3,(H,17,18)/b16-10-. The highest BCUT2D eigenvalue weighted by Crippen LogP contribution is 2.10. The minimum atomic E-state index is -0.374. The third kappa shape index (κ3) is 3.45. The van der Waals surface area contributed by atoms with Crippen LogP contribution in [0.5, 0.6) is 0 Å². The summed E-state index contributed by atoms with van der Waals surface area (Å²) in [7, 11) is 0. The lowest BCUT2D eigenvalue weighted by atomic mass is 10.1. The molecule has 1 heterocycles. The zero-order valence-corrected chi connectivity index (χ0v) is 11.4. The second-order valence-electron chi connectivity index (χ2n) is 4.06. The number of halogens is 1. The molecule has 0 saturated carbocycles. The molecule has 0 fully saturated rings. The van der Waals surface area contributed by atoms with Gasteiger partial charge >= 0.3 is 5.91 Å². The molecule has 0 aliphatic rings. The van der Waals surface area contributed by atoms with E-state index in [2.05, 4.69) is 10.5 Å². The maximum atomic E-state index is 11.7. The highest BCUT2D eigenvalue weighted by molar-refractivity contribution is 6.30. The third-order valence-electron chi connectivity index (χ3n) is 2.55. The van der Waals surface area contributed by atoms with E-state index < -0.39 is 0 Å². The second-order valence-corrected chi connectivity index (χ2v) is 4.49. The summed E-state index contributed by atoms with van der Waals surface area (Å²) in [6, 6.07) is 10.6. The Morgan fingerprint density at radius 1 is 1.21 bits per heavy atom. The Bertz CT molecular complexity index is 615.